The van der Waals surface area contributed by atoms with E-state index in [1.807, 2.05) is 0 Å². The highest BCUT2D eigenvalue weighted by Gasteiger charge is 2.37. The summed E-state index contributed by atoms with van der Waals surface area (Å²) in [7, 11) is 0. The van der Waals surface area contributed by atoms with Crippen molar-refractivity contribution in [3.05, 3.63) is 34.4 Å². The molecule has 0 bridgehead atoms. The maximum Gasteiger partial charge on any atom is 0.186 e. The first-order valence-corrected chi connectivity index (χ1v) is 8.90. The fourth-order valence-electron chi connectivity index (χ4n) is 3.13. The molecule has 0 heterocycles. The van der Waals surface area contributed by atoms with E-state index in [2.05, 4.69) is 58.6 Å². The van der Waals surface area contributed by atoms with Gasteiger partial charge in [-0.05, 0) is 53.4 Å². The maximum absolute atomic E-state index is 11.0. The first-order valence-electron chi connectivity index (χ1n) is 7.91. The summed E-state index contributed by atoms with van der Waals surface area (Å²) >= 11 is 1.27. The van der Waals surface area contributed by atoms with Gasteiger partial charge in [-0.2, -0.15) is 0 Å². The van der Waals surface area contributed by atoms with Crippen molar-refractivity contribution in [3.8, 4) is 11.8 Å². The molecule has 22 heavy (non-hydrogen) atoms. The Morgan fingerprint density at radius 3 is 2.23 bits per heavy atom. The van der Waals surface area contributed by atoms with Gasteiger partial charge in [0.1, 0.15) is 0 Å². The lowest BCUT2D eigenvalue weighted by molar-refractivity contribution is -0.109. The van der Waals surface area contributed by atoms with E-state index in [0.717, 1.165) is 5.56 Å². The fraction of sp³-hybridized carbons (Fsp3) is 0.550. The van der Waals surface area contributed by atoms with Crippen LogP contribution in [0.3, 0.4) is 0 Å². The van der Waals surface area contributed by atoms with Gasteiger partial charge in [-0.15, -0.1) is 0 Å². The summed E-state index contributed by atoms with van der Waals surface area (Å²) in [6.07, 6.45) is 2.44. The summed E-state index contributed by atoms with van der Waals surface area (Å²) in [6.45, 7) is 13.1. The third-order valence-corrected chi connectivity index (χ3v) is 5.46. The monoisotopic (exact) mass is 314 g/mol. The Morgan fingerprint density at radius 1 is 1.14 bits per heavy atom. The molecule has 0 spiro atoms. The van der Waals surface area contributed by atoms with Crippen LogP contribution >= 0.6 is 11.8 Å². The normalized spacial score (nSPS) is 18.1. The predicted molar refractivity (Wildman–Crippen MR) is 96.5 cm³/mol. The minimum absolute atomic E-state index is 0.124. The minimum Gasteiger partial charge on any atom is -0.288 e. The molecule has 0 aliphatic heterocycles. The SMILES string of the molecule is CC(=O)SCC#Cc1cc2c(cc1C)C(C)(C)CCC2(C)C. The van der Waals surface area contributed by atoms with E-state index in [0.29, 0.717) is 5.75 Å². The van der Waals surface area contributed by atoms with Crippen LogP contribution in [-0.2, 0) is 15.6 Å². The second-order valence-corrected chi connectivity index (χ2v) is 8.71. The van der Waals surface area contributed by atoms with Crippen LogP contribution in [0.2, 0.25) is 0 Å². The van der Waals surface area contributed by atoms with E-state index in [-0.39, 0.29) is 15.9 Å². The fourth-order valence-corrected chi connectivity index (χ4v) is 3.47. The second-order valence-electron chi connectivity index (χ2n) is 7.56. The van der Waals surface area contributed by atoms with Crippen molar-refractivity contribution in [1.82, 2.24) is 0 Å². The number of rotatable bonds is 1. The maximum atomic E-state index is 11.0. The Labute approximate surface area is 139 Å². The molecular formula is C20H26OS. The van der Waals surface area contributed by atoms with E-state index < -0.39 is 0 Å². The molecule has 1 aliphatic carbocycles. The number of thioether (sulfide) groups is 1. The van der Waals surface area contributed by atoms with Gasteiger partial charge in [-0.25, -0.2) is 0 Å². The largest absolute Gasteiger partial charge is 0.288 e. The zero-order valence-corrected chi connectivity index (χ0v) is 15.4. The number of fused-ring (bicyclic) bond motifs is 1. The summed E-state index contributed by atoms with van der Waals surface area (Å²) in [5.41, 5.74) is 5.72. The first kappa shape index (κ1) is 17.2. The van der Waals surface area contributed by atoms with Crippen LogP contribution in [-0.4, -0.2) is 10.9 Å². The number of hydrogen-bond acceptors (Lipinski definition) is 2. The molecule has 0 radical (unpaired) electrons. The Kier molecular flexibility index (Phi) is 4.78. The van der Waals surface area contributed by atoms with Gasteiger partial charge in [0.15, 0.2) is 5.12 Å². The molecule has 0 atom stereocenters. The quantitative estimate of drug-likeness (QED) is 0.680. The van der Waals surface area contributed by atoms with E-state index in [1.165, 1.54) is 41.3 Å². The van der Waals surface area contributed by atoms with Gasteiger partial charge in [0.05, 0.1) is 5.75 Å². The van der Waals surface area contributed by atoms with Gasteiger partial charge >= 0.3 is 0 Å². The Morgan fingerprint density at radius 2 is 1.68 bits per heavy atom. The zero-order chi connectivity index (χ0) is 16.5. The molecule has 0 saturated heterocycles. The summed E-state index contributed by atoms with van der Waals surface area (Å²) in [5, 5.41) is 0.124. The highest BCUT2D eigenvalue weighted by molar-refractivity contribution is 8.13. The zero-order valence-electron chi connectivity index (χ0n) is 14.6. The lowest BCUT2D eigenvalue weighted by atomic mass is 9.62. The average Bonchev–Trinajstić information content (AvgIpc) is 2.41. The van der Waals surface area contributed by atoms with Gasteiger partial charge in [0.2, 0.25) is 0 Å². The van der Waals surface area contributed by atoms with Gasteiger partial charge in [-0.3, -0.25) is 4.79 Å². The Balaban J connectivity index is 2.42. The van der Waals surface area contributed by atoms with Gasteiger partial charge in [0, 0.05) is 12.5 Å². The number of hydrogen-bond donors (Lipinski definition) is 0. The molecule has 0 saturated carbocycles. The average molecular weight is 314 g/mol. The molecular weight excluding hydrogens is 288 g/mol. The van der Waals surface area contributed by atoms with Crippen molar-refractivity contribution in [1.29, 1.82) is 0 Å². The first-order chi connectivity index (χ1) is 10.1. The molecule has 1 aromatic rings. The summed E-state index contributed by atoms with van der Waals surface area (Å²) in [5.74, 6) is 6.95. The summed E-state index contributed by atoms with van der Waals surface area (Å²) in [4.78, 5) is 11.0. The van der Waals surface area contributed by atoms with Crippen molar-refractivity contribution < 1.29 is 4.79 Å². The highest BCUT2D eigenvalue weighted by Crippen LogP contribution is 2.46. The molecule has 118 valence electrons. The summed E-state index contributed by atoms with van der Waals surface area (Å²) < 4.78 is 0. The van der Waals surface area contributed by atoms with Crippen molar-refractivity contribution >= 4 is 16.9 Å². The molecule has 1 aromatic carbocycles. The van der Waals surface area contributed by atoms with Crippen LogP contribution in [0, 0.1) is 18.8 Å². The van der Waals surface area contributed by atoms with Crippen LogP contribution < -0.4 is 0 Å². The number of carbonyl (C=O) groups excluding carboxylic acids is 1. The van der Waals surface area contributed by atoms with Gasteiger partial charge in [-0.1, -0.05) is 57.4 Å². The topological polar surface area (TPSA) is 17.1 Å². The lowest BCUT2D eigenvalue weighted by Gasteiger charge is -2.42. The third-order valence-electron chi connectivity index (χ3n) is 4.77. The standard InChI is InChI=1S/C20H26OS/c1-14-12-17-18(20(5,6)10-9-19(17,3)4)13-16(14)8-7-11-22-15(2)21/h12-13H,9-11H2,1-6H3. The van der Waals surface area contributed by atoms with Crippen molar-refractivity contribution in [2.24, 2.45) is 0 Å². The van der Waals surface area contributed by atoms with E-state index >= 15 is 0 Å². The number of benzene rings is 1. The van der Waals surface area contributed by atoms with Crippen LogP contribution in [0.4, 0.5) is 0 Å². The lowest BCUT2D eigenvalue weighted by Crippen LogP contribution is -2.34. The van der Waals surface area contributed by atoms with E-state index in [4.69, 9.17) is 0 Å². The van der Waals surface area contributed by atoms with Gasteiger partial charge < -0.3 is 0 Å². The molecule has 1 nitrogen and oxygen atoms in total. The molecule has 0 unspecified atom stereocenters. The van der Waals surface area contributed by atoms with Crippen molar-refractivity contribution in [3.63, 3.8) is 0 Å². The molecule has 0 aromatic heterocycles. The van der Waals surface area contributed by atoms with Crippen molar-refractivity contribution in [2.75, 3.05) is 5.75 Å². The van der Waals surface area contributed by atoms with Crippen LogP contribution in [0.5, 0.6) is 0 Å². The Hall–Kier alpha value is -1.20. The van der Waals surface area contributed by atoms with Crippen LogP contribution in [0.1, 0.15) is 69.7 Å². The molecule has 0 amide bonds. The summed E-state index contributed by atoms with van der Waals surface area (Å²) in [6, 6.07) is 4.62. The molecule has 0 N–H and O–H groups in total. The predicted octanol–water partition coefficient (Wildman–Crippen LogP) is 4.98. The second kappa shape index (κ2) is 6.13. The number of aryl methyl sites for hydroxylation is 1. The number of carbonyl (C=O) groups is 1. The minimum atomic E-state index is 0.124. The smallest absolute Gasteiger partial charge is 0.186 e. The van der Waals surface area contributed by atoms with E-state index in [9.17, 15) is 4.79 Å². The molecule has 2 rings (SSSR count). The van der Waals surface area contributed by atoms with Gasteiger partial charge in [0.25, 0.3) is 0 Å². The molecule has 0 fully saturated rings. The Bertz CT molecular complexity index is 656. The molecule has 2 heteroatoms. The van der Waals surface area contributed by atoms with Crippen molar-refractivity contribution in [2.45, 2.75) is 65.2 Å². The van der Waals surface area contributed by atoms with Crippen LogP contribution in [0.15, 0.2) is 12.1 Å². The highest BCUT2D eigenvalue weighted by atomic mass is 32.2. The van der Waals surface area contributed by atoms with E-state index in [1.54, 1.807) is 6.92 Å². The molecule has 1 aliphatic rings. The van der Waals surface area contributed by atoms with Crippen LogP contribution in [0.25, 0.3) is 0 Å². The third kappa shape index (κ3) is 3.58.